The molecule has 1 rings (SSSR count). The third-order valence-corrected chi connectivity index (χ3v) is 3.06. The van der Waals surface area contributed by atoms with Crippen molar-refractivity contribution >= 4 is 10.1 Å². The molecule has 5 heteroatoms. The highest BCUT2D eigenvalue weighted by Crippen LogP contribution is 2.17. The van der Waals surface area contributed by atoms with Crippen molar-refractivity contribution in [1.82, 2.24) is 0 Å². The molecular weight excluding hydrogens is 219 g/mol. The van der Waals surface area contributed by atoms with E-state index in [0.717, 1.165) is 0 Å². The van der Waals surface area contributed by atoms with Crippen LogP contribution in [-0.2, 0) is 14.3 Å². The van der Waals surface area contributed by atoms with Crippen LogP contribution < -0.4 is 0 Å². The molecule has 0 N–H and O–H groups in total. The van der Waals surface area contributed by atoms with Crippen LogP contribution in [0, 0.1) is 5.92 Å². The maximum Gasteiger partial charge on any atom is 0.299 e. The van der Waals surface area contributed by atoms with E-state index < -0.39 is 22.4 Å². The molecule has 1 aromatic carbocycles. The van der Waals surface area contributed by atoms with E-state index in [1.54, 1.807) is 32.0 Å². The van der Waals surface area contributed by atoms with Gasteiger partial charge >= 0.3 is 0 Å². The Morgan fingerprint density at radius 3 is 2.20 bits per heavy atom. The van der Waals surface area contributed by atoms with E-state index in [4.69, 9.17) is 0 Å². The Morgan fingerprint density at radius 1 is 1.20 bits per heavy atom. The van der Waals surface area contributed by atoms with Gasteiger partial charge in [0.05, 0.1) is 4.90 Å². The second kappa shape index (κ2) is 4.72. The van der Waals surface area contributed by atoms with Gasteiger partial charge in [0, 0.05) is 5.92 Å². The van der Waals surface area contributed by atoms with Gasteiger partial charge in [0.25, 0.3) is 10.1 Å². The summed E-state index contributed by atoms with van der Waals surface area (Å²) in [7, 11) is -3.98. The maximum atomic E-state index is 13.1. The van der Waals surface area contributed by atoms with Gasteiger partial charge in [0.15, 0.2) is 0 Å². The van der Waals surface area contributed by atoms with Gasteiger partial charge in [-0.25, -0.2) is 8.57 Å². The van der Waals surface area contributed by atoms with Crippen LogP contribution in [0.4, 0.5) is 4.39 Å². The van der Waals surface area contributed by atoms with Crippen molar-refractivity contribution in [3.8, 4) is 0 Å². The Hall–Kier alpha value is -0.940. The molecule has 1 aromatic rings. The fraction of sp³-hybridized carbons (Fsp3) is 0.400. The average molecular weight is 232 g/mol. The first kappa shape index (κ1) is 12.1. The van der Waals surface area contributed by atoms with Gasteiger partial charge in [-0.15, -0.1) is 0 Å². The molecule has 0 amide bonds. The molecule has 0 bridgehead atoms. The van der Waals surface area contributed by atoms with Crippen LogP contribution in [0.1, 0.15) is 13.8 Å². The molecule has 0 saturated heterocycles. The van der Waals surface area contributed by atoms with Crippen molar-refractivity contribution in [3.05, 3.63) is 30.3 Å². The minimum absolute atomic E-state index is 0.0340. The largest absolute Gasteiger partial charge is 0.299 e. The summed E-state index contributed by atoms with van der Waals surface area (Å²) < 4.78 is 40.5. The maximum absolute atomic E-state index is 13.1. The van der Waals surface area contributed by atoms with Crippen molar-refractivity contribution < 1.29 is 17.0 Å². The molecule has 1 atom stereocenters. The first-order valence-electron chi connectivity index (χ1n) is 4.56. The monoisotopic (exact) mass is 232 g/mol. The molecule has 3 nitrogen and oxygen atoms in total. The SMILES string of the molecule is CC(C)C(F)OS(=O)(=O)c1ccccc1. The van der Waals surface area contributed by atoms with Crippen LogP contribution >= 0.6 is 0 Å². The number of hydrogen-bond donors (Lipinski definition) is 0. The molecule has 0 aromatic heterocycles. The molecule has 0 aliphatic carbocycles. The first-order valence-corrected chi connectivity index (χ1v) is 5.97. The molecule has 0 fully saturated rings. The van der Waals surface area contributed by atoms with Crippen molar-refractivity contribution in [2.75, 3.05) is 0 Å². The van der Waals surface area contributed by atoms with Gasteiger partial charge in [0.1, 0.15) is 0 Å². The fourth-order valence-electron chi connectivity index (χ4n) is 0.875. The Labute approximate surface area is 89.0 Å². The number of halogens is 1. The summed E-state index contributed by atoms with van der Waals surface area (Å²) in [6, 6.07) is 7.51. The lowest BCUT2D eigenvalue weighted by Crippen LogP contribution is -2.19. The molecule has 0 aliphatic heterocycles. The van der Waals surface area contributed by atoms with Crippen LogP contribution in [-0.4, -0.2) is 14.8 Å². The van der Waals surface area contributed by atoms with Gasteiger partial charge in [-0.3, -0.25) is 0 Å². The Morgan fingerprint density at radius 2 is 1.73 bits per heavy atom. The van der Waals surface area contributed by atoms with Gasteiger partial charge in [-0.05, 0) is 12.1 Å². The minimum Gasteiger partial charge on any atom is -0.229 e. The quantitative estimate of drug-likeness (QED) is 0.748. The molecule has 0 spiro atoms. The van der Waals surface area contributed by atoms with Gasteiger partial charge in [0.2, 0.25) is 6.36 Å². The van der Waals surface area contributed by atoms with Crippen molar-refractivity contribution in [2.45, 2.75) is 25.1 Å². The Balaban J connectivity index is 2.86. The normalized spacial score (nSPS) is 14.1. The van der Waals surface area contributed by atoms with Crippen LogP contribution in [0.25, 0.3) is 0 Å². The molecule has 0 heterocycles. The first-order chi connectivity index (χ1) is 6.93. The number of hydrogen-bond acceptors (Lipinski definition) is 3. The molecule has 84 valence electrons. The second-order valence-corrected chi connectivity index (χ2v) is 5.03. The van der Waals surface area contributed by atoms with Crippen molar-refractivity contribution in [2.24, 2.45) is 5.92 Å². The van der Waals surface area contributed by atoms with Crippen LogP contribution in [0.3, 0.4) is 0 Å². The summed E-state index contributed by atoms with van der Waals surface area (Å²) in [5.74, 6) is -0.497. The van der Waals surface area contributed by atoms with Crippen molar-refractivity contribution in [3.63, 3.8) is 0 Å². The van der Waals surface area contributed by atoms with E-state index in [1.807, 2.05) is 0 Å². The third-order valence-electron chi connectivity index (χ3n) is 1.77. The summed E-state index contributed by atoms with van der Waals surface area (Å²) in [6.45, 7) is 3.09. The number of alkyl halides is 1. The number of rotatable bonds is 4. The summed E-state index contributed by atoms with van der Waals surface area (Å²) in [5, 5.41) is 0. The topological polar surface area (TPSA) is 43.4 Å². The highest BCUT2D eigenvalue weighted by molar-refractivity contribution is 7.86. The molecular formula is C10H13FO3S. The zero-order valence-electron chi connectivity index (χ0n) is 8.55. The van der Waals surface area contributed by atoms with E-state index in [9.17, 15) is 12.8 Å². The predicted molar refractivity (Wildman–Crippen MR) is 54.4 cm³/mol. The lowest BCUT2D eigenvalue weighted by molar-refractivity contribution is 0.0320. The van der Waals surface area contributed by atoms with E-state index >= 15 is 0 Å². The lowest BCUT2D eigenvalue weighted by atomic mass is 10.2. The molecule has 0 saturated carbocycles. The highest BCUT2D eigenvalue weighted by Gasteiger charge is 2.23. The Bertz CT molecular complexity index is 400. The average Bonchev–Trinajstić information content (AvgIpc) is 2.18. The summed E-state index contributed by atoms with van der Waals surface area (Å²) in [4.78, 5) is -0.0340. The molecule has 15 heavy (non-hydrogen) atoms. The van der Waals surface area contributed by atoms with Crippen LogP contribution in [0.15, 0.2) is 35.2 Å². The summed E-state index contributed by atoms with van der Waals surface area (Å²) in [6.07, 6.45) is -1.81. The number of benzene rings is 1. The van der Waals surface area contributed by atoms with E-state index in [-0.39, 0.29) is 4.90 Å². The standard InChI is InChI=1S/C10H13FO3S/c1-8(2)10(11)14-15(12,13)9-6-4-3-5-7-9/h3-8,10H,1-2H3. The third kappa shape index (κ3) is 3.28. The molecule has 0 aliphatic rings. The minimum atomic E-state index is -3.98. The van der Waals surface area contributed by atoms with Crippen molar-refractivity contribution in [1.29, 1.82) is 0 Å². The van der Waals surface area contributed by atoms with E-state index in [1.165, 1.54) is 12.1 Å². The zero-order valence-corrected chi connectivity index (χ0v) is 9.37. The highest BCUT2D eigenvalue weighted by atomic mass is 32.2. The zero-order chi connectivity index (χ0) is 11.5. The smallest absolute Gasteiger partial charge is 0.229 e. The predicted octanol–water partition coefficient (Wildman–Crippen LogP) is 2.34. The second-order valence-electron chi connectivity index (χ2n) is 3.46. The summed E-state index contributed by atoms with van der Waals surface area (Å²) in [5.41, 5.74) is 0. The van der Waals surface area contributed by atoms with Gasteiger partial charge < -0.3 is 0 Å². The molecule has 0 radical (unpaired) electrons. The lowest BCUT2D eigenvalue weighted by Gasteiger charge is -2.12. The van der Waals surface area contributed by atoms with Crippen LogP contribution in [0.5, 0.6) is 0 Å². The summed E-state index contributed by atoms with van der Waals surface area (Å²) >= 11 is 0. The Kier molecular flexibility index (Phi) is 3.82. The van der Waals surface area contributed by atoms with Gasteiger partial charge in [-0.2, -0.15) is 8.42 Å². The van der Waals surface area contributed by atoms with E-state index in [0.29, 0.717) is 0 Å². The van der Waals surface area contributed by atoms with Crippen LogP contribution in [0.2, 0.25) is 0 Å². The van der Waals surface area contributed by atoms with E-state index in [2.05, 4.69) is 4.18 Å². The fourth-order valence-corrected chi connectivity index (χ4v) is 1.94. The van der Waals surface area contributed by atoms with Gasteiger partial charge in [-0.1, -0.05) is 32.0 Å². The molecule has 1 unspecified atom stereocenters.